The highest BCUT2D eigenvalue weighted by molar-refractivity contribution is 5.70. The Hall–Kier alpha value is -4.22. The van der Waals surface area contributed by atoms with Crippen molar-refractivity contribution in [3.8, 4) is 0 Å². The molecule has 5 nitrogen and oxygen atoms in total. The standard InChI is InChI=1S/C63H100O5/c1-4-7-10-13-16-19-22-25-28-31-34-37-40-43-46-49-52-55-58-66-59-61(68-63(65)57-54-51-48-45-42-39-36-33-30-27-24-21-18-15-12-9-6-3)60-67-62(64)56-53-50-47-44-41-38-35-32-29-26-23-20-17-14-11-8-5-2/h7-12,16-21,25-30,34-39,61H,4-6,13-15,22-24,31-33,40-60H2,1-3H3/b10-7-,11-8-,12-9-,19-16-,20-17-,21-18-,28-25-,29-26-,30-27-,37-34-,38-35-,39-36-. The monoisotopic (exact) mass is 937 g/mol. The van der Waals surface area contributed by atoms with Crippen molar-refractivity contribution >= 4 is 11.9 Å². The fraction of sp³-hybridized carbons (Fsp3) is 0.587. The van der Waals surface area contributed by atoms with Gasteiger partial charge in [-0.15, -0.1) is 0 Å². The van der Waals surface area contributed by atoms with Crippen LogP contribution in [0.3, 0.4) is 0 Å². The van der Waals surface area contributed by atoms with Crippen LogP contribution in [0.5, 0.6) is 0 Å². The van der Waals surface area contributed by atoms with Gasteiger partial charge in [0, 0.05) is 19.4 Å². The predicted octanol–water partition coefficient (Wildman–Crippen LogP) is 18.9. The first-order valence-corrected chi connectivity index (χ1v) is 27.4. The lowest BCUT2D eigenvalue weighted by atomic mass is 10.1. The highest BCUT2D eigenvalue weighted by atomic mass is 16.6. The zero-order chi connectivity index (χ0) is 49.2. The minimum atomic E-state index is -0.582. The van der Waals surface area contributed by atoms with Gasteiger partial charge in [-0.25, -0.2) is 0 Å². The Morgan fingerprint density at radius 1 is 0.324 bits per heavy atom. The zero-order valence-electron chi connectivity index (χ0n) is 43.8. The van der Waals surface area contributed by atoms with Gasteiger partial charge in [-0.05, 0) is 135 Å². The molecular formula is C63H100O5. The number of esters is 2. The summed E-state index contributed by atoms with van der Waals surface area (Å²) < 4.78 is 17.4. The average molecular weight is 937 g/mol. The smallest absolute Gasteiger partial charge is 0.306 e. The van der Waals surface area contributed by atoms with Crippen LogP contribution in [-0.4, -0.2) is 37.9 Å². The Bertz CT molecular complexity index is 1480. The van der Waals surface area contributed by atoms with Crippen molar-refractivity contribution in [1.29, 1.82) is 0 Å². The number of hydrogen-bond acceptors (Lipinski definition) is 5. The van der Waals surface area contributed by atoms with Crippen molar-refractivity contribution in [3.05, 3.63) is 146 Å². The summed E-state index contributed by atoms with van der Waals surface area (Å²) in [5, 5.41) is 0. The van der Waals surface area contributed by atoms with Crippen LogP contribution in [-0.2, 0) is 23.8 Å². The molecule has 0 saturated carbocycles. The zero-order valence-corrected chi connectivity index (χ0v) is 43.8. The second-order valence-corrected chi connectivity index (χ2v) is 17.3. The fourth-order valence-corrected chi connectivity index (χ4v) is 6.89. The minimum absolute atomic E-state index is 0.0442. The van der Waals surface area contributed by atoms with Gasteiger partial charge in [0.2, 0.25) is 0 Å². The lowest BCUT2D eigenvalue weighted by Crippen LogP contribution is -2.30. The Morgan fingerprint density at radius 3 is 0.985 bits per heavy atom. The Balaban J connectivity index is 4.45. The summed E-state index contributed by atoms with van der Waals surface area (Å²) in [4.78, 5) is 25.5. The van der Waals surface area contributed by atoms with Crippen LogP contribution in [0.4, 0.5) is 0 Å². The number of carbonyl (C=O) groups excluding carboxylic acids is 2. The highest BCUT2D eigenvalue weighted by Crippen LogP contribution is 2.12. The summed E-state index contributed by atoms with van der Waals surface area (Å²) in [5.41, 5.74) is 0. The molecule has 0 amide bonds. The van der Waals surface area contributed by atoms with E-state index in [0.717, 1.165) is 161 Å². The fourth-order valence-electron chi connectivity index (χ4n) is 6.89. The molecule has 5 heteroatoms. The number of carbonyl (C=O) groups is 2. The van der Waals surface area contributed by atoms with Gasteiger partial charge in [-0.1, -0.05) is 212 Å². The van der Waals surface area contributed by atoms with Gasteiger partial charge in [0.15, 0.2) is 6.10 Å². The molecule has 382 valence electrons. The molecular weight excluding hydrogens is 837 g/mol. The van der Waals surface area contributed by atoms with E-state index < -0.39 is 6.10 Å². The van der Waals surface area contributed by atoms with Crippen molar-refractivity contribution in [2.45, 2.75) is 219 Å². The van der Waals surface area contributed by atoms with Crippen molar-refractivity contribution < 1.29 is 23.8 Å². The lowest BCUT2D eigenvalue weighted by Gasteiger charge is -2.18. The van der Waals surface area contributed by atoms with E-state index in [-0.39, 0.29) is 25.2 Å². The first-order chi connectivity index (χ1) is 33.6. The first-order valence-electron chi connectivity index (χ1n) is 27.4. The van der Waals surface area contributed by atoms with Crippen molar-refractivity contribution in [2.75, 3.05) is 19.8 Å². The second-order valence-electron chi connectivity index (χ2n) is 17.3. The lowest BCUT2D eigenvalue weighted by molar-refractivity contribution is -0.163. The molecule has 0 aromatic carbocycles. The minimum Gasteiger partial charge on any atom is -0.462 e. The number of ether oxygens (including phenoxy) is 3. The molecule has 0 aromatic rings. The molecule has 0 aliphatic rings. The van der Waals surface area contributed by atoms with Gasteiger partial charge in [-0.3, -0.25) is 9.59 Å². The molecule has 0 N–H and O–H groups in total. The third kappa shape index (κ3) is 54.4. The molecule has 0 rings (SSSR count). The number of unbranched alkanes of at least 4 members (excludes halogenated alkanes) is 13. The summed E-state index contributed by atoms with van der Waals surface area (Å²) in [6.07, 6.45) is 82.9. The maximum atomic E-state index is 12.8. The van der Waals surface area contributed by atoms with Crippen LogP contribution in [0.25, 0.3) is 0 Å². The maximum absolute atomic E-state index is 12.8. The molecule has 68 heavy (non-hydrogen) atoms. The van der Waals surface area contributed by atoms with Gasteiger partial charge in [0.25, 0.3) is 0 Å². The first kappa shape index (κ1) is 63.8. The molecule has 1 atom stereocenters. The number of rotatable bonds is 48. The van der Waals surface area contributed by atoms with Crippen LogP contribution in [0.1, 0.15) is 213 Å². The maximum Gasteiger partial charge on any atom is 0.306 e. The van der Waals surface area contributed by atoms with Gasteiger partial charge >= 0.3 is 11.9 Å². The third-order valence-corrected chi connectivity index (χ3v) is 10.9. The summed E-state index contributed by atoms with van der Waals surface area (Å²) in [6, 6.07) is 0. The second kappa shape index (κ2) is 57.1. The van der Waals surface area contributed by atoms with E-state index in [1.54, 1.807) is 0 Å². The normalized spacial score (nSPS) is 13.4. The van der Waals surface area contributed by atoms with Gasteiger partial charge < -0.3 is 14.2 Å². The predicted molar refractivity (Wildman–Crippen MR) is 297 cm³/mol. The van der Waals surface area contributed by atoms with Crippen LogP contribution in [0.15, 0.2) is 146 Å². The van der Waals surface area contributed by atoms with E-state index in [1.165, 1.54) is 19.3 Å². The molecule has 0 aliphatic heterocycles. The molecule has 0 aromatic heterocycles. The van der Waals surface area contributed by atoms with E-state index >= 15 is 0 Å². The van der Waals surface area contributed by atoms with Crippen LogP contribution in [0, 0.1) is 0 Å². The van der Waals surface area contributed by atoms with Gasteiger partial charge in [0.05, 0.1) is 6.61 Å². The molecule has 0 aliphatic carbocycles. The van der Waals surface area contributed by atoms with E-state index in [9.17, 15) is 9.59 Å². The summed E-state index contributed by atoms with van der Waals surface area (Å²) in [7, 11) is 0. The van der Waals surface area contributed by atoms with E-state index in [0.29, 0.717) is 19.4 Å². The average Bonchev–Trinajstić information content (AvgIpc) is 3.34. The van der Waals surface area contributed by atoms with Crippen molar-refractivity contribution in [3.63, 3.8) is 0 Å². The molecule has 0 heterocycles. The molecule has 0 bridgehead atoms. The van der Waals surface area contributed by atoms with E-state index in [2.05, 4.69) is 167 Å². The van der Waals surface area contributed by atoms with E-state index in [1.807, 2.05) is 0 Å². The van der Waals surface area contributed by atoms with Crippen molar-refractivity contribution in [2.24, 2.45) is 0 Å². The highest BCUT2D eigenvalue weighted by Gasteiger charge is 2.17. The SMILES string of the molecule is CC/C=C\C/C=C\C/C=C\C/C=C\CCCCCCCOCC(COC(=O)CCCCCC/C=C\C/C=C\C/C=C\C/C=C\CC)OC(=O)CCCCCC/C=C\C/C=C\C/C=C\C/C=C\CC. The molecule has 0 radical (unpaired) electrons. The Kier molecular flexibility index (Phi) is 53.6. The summed E-state index contributed by atoms with van der Waals surface area (Å²) in [6.45, 7) is 7.38. The van der Waals surface area contributed by atoms with E-state index in [4.69, 9.17) is 14.2 Å². The quantitative estimate of drug-likeness (QED) is 0.0346. The van der Waals surface area contributed by atoms with Crippen LogP contribution < -0.4 is 0 Å². The van der Waals surface area contributed by atoms with Gasteiger partial charge in [-0.2, -0.15) is 0 Å². The molecule has 0 spiro atoms. The van der Waals surface area contributed by atoms with Crippen LogP contribution in [0.2, 0.25) is 0 Å². The Morgan fingerprint density at radius 2 is 0.618 bits per heavy atom. The number of hydrogen-bond donors (Lipinski definition) is 0. The third-order valence-electron chi connectivity index (χ3n) is 10.9. The summed E-state index contributed by atoms with van der Waals surface area (Å²) >= 11 is 0. The number of allylic oxidation sites excluding steroid dienone is 24. The Labute approximate surface area is 419 Å². The van der Waals surface area contributed by atoms with Crippen LogP contribution >= 0.6 is 0 Å². The van der Waals surface area contributed by atoms with Crippen molar-refractivity contribution in [1.82, 2.24) is 0 Å². The molecule has 0 fully saturated rings. The summed E-state index contributed by atoms with van der Waals surface area (Å²) in [5.74, 6) is -0.473. The van der Waals surface area contributed by atoms with Gasteiger partial charge in [0.1, 0.15) is 6.61 Å². The topological polar surface area (TPSA) is 61.8 Å². The molecule has 1 unspecified atom stereocenters. The molecule has 0 saturated heterocycles. The largest absolute Gasteiger partial charge is 0.462 e.